The zero-order valence-electron chi connectivity index (χ0n) is 18.2. The molecule has 0 saturated carbocycles. The molecule has 3 heterocycles. The van der Waals surface area contributed by atoms with E-state index in [-0.39, 0.29) is 11.0 Å². The van der Waals surface area contributed by atoms with E-state index >= 15 is 0 Å². The second-order valence-electron chi connectivity index (χ2n) is 8.23. The van der Waals surface area contributed by atoms with Gasteiger partial charge in [-0.3, -0.25) is 0 Å². The van der Waals surface area contributed by atoms with Crippen molar-refractivity contribution in [1.82, 2.24) is 13.9 Å². The van der Waals surface area contributed by atoms with Crippen LogP contribution in [0, 0.1) is 0 Å². The molecule has 0 spiro atoms. The molecule has 1 aromatic heterocycles. The maximum absolute atomic E-state index is 13.1. The average molecular weight is 508 g/mol. The summed E-state index contributed by atoms with van der Waals surface area (Å²) in [6.07, 6.45) is 2.22. The standard InChI is InChI=1S/C23H26ClN3O4S2/c24-18-4-1-3-17(13-18)16-32-23-25-21-14-20(33(28,29)26-8-11-30-12-9-26)6-7-22(21)27(23)15-19-5-2-10-31-19/h1,3-4,6-7,13-14,19H,2,5,8-12,15-16H2/t19-/m1/s1. The van der Waals surface area contributed by atoms with Gasteiger partial charge in [-0.2, -0.15) is 4.31 Å². The van der Waals surface area contributed by atoms with Crippen LogP contribution in [-0.4, -0.2) is 61.3 Å². The Bertz CT molecular complexity index is 1240. The molecule has 0 amide bonds. The van der Waals surface area contributed by atoms with Gasteiger partial charge >= 0.3 is 0 Å². The van der Waals surface area contributed by atoms with Crippen LogP contribution in [0.3, 0.4) is 0 Å². The molecular formula is C23H26ClN3O4S2. The van der Waals surface area contributed by atoms with Crippen molar-refractivity contribution < 1.29 is 17.9 Å². The zero-order valence-corrected chi connectivity index (χ0v) is 20.5. The highest BCUT2D eigenvalue weighted by Gasteiger charge is 2.27. The number of fused-ring (bicyclic) bond motifs is 1. The van der Waals surface area contributed by atoms with Crippen molar-refractivity contribution in [3.63, 3.8) is 0 Å². The van der Waals surface area contributed by atoms with Gasteiger partial charge in [0.1, 0.15) is 0 Å². The van der Waals surface area contributed by atoms with Gasteiger partial charge in [-0.15, -0.1) is 0 Å². The van der Waals surface area contributed by atoms with Crippen LogP contribution >= 0.6 is 23.4 Å². The molecule has 176 valence electrons. The van der Waals surface area contributed by atoms with Gasteiger partial charge in [0.2, 0.25) is 10.0 Å². The highest BCUT2D eigenvalue weighted by molar-refractivity contribution is 7.98. The maximum atomic E-state index is 13.1. The van der Waals surface area contributed by atoms with Crippen LogP contribution in [0.15, 0.2) is 52.5 Å². The van der Waals surface area contributed by atoms with Gasteiger partial charge in [-0.1, -0.05) is 35.5 Å². The molecule has 2 aromatic carbocycles. The molecule has 0 radical (unpaired) electrons. The monoisotopic (exact) mass is 507 g/mol. The minimum Gasteiger partial charge on any atom is -0.379 e. The number of nitrogens with zero attached hydrogens (tertiary/aromatic N) is 3. The number of benzene rings is 2. The van der Waals surface area contributed by atoms with Gasteiger partial charge in [0.15, 0.2) is 5.16 Å². The van der Waals surface area contributed by atoms with Crippen molar-refractivity contribution in [2.75, 3.05) is 32.9 Å². The smallest absolute Gasteiger partial charge is 0.243 e. The Kier molecular flexibility index (Phi) is 6.96. The third-order valence-electron chi connectivity index (χ3n) is 5.96. The molecule has 0 unspecified atom stereocenters. The first-order valence-electron chi connectivity index (χ1n) is 11.1. The Balaban J connectivity index is 1.47. The van der Waals surface area contributed by atoms with Crippen molar-refractivity contribution in [2.24, 2.45) is 0 Å². The number of thioether (sulfide) groups is 1. The van der Waals surface area contributed by atoms with E-state index in [1.54, 1.807) is 23.9 Å². The predicted molar refractivity (Wildman–Crippen MR) is 129 cm³/mol. The molecule has 3 aromatic rings. The number of halogens is 1. The summed E-state index contributed by atoms with van der Waals surface area (Å²) in [5.41, 5.74) is 2.70. The van der Waals surface area contributed by atoms with E-state index in [9.17, 15) is 8.42 Å². The molecular weight excluding hydrogens is 482 g/mol. The molecule has 5 rings (SSSR count). The fourth-order valence-electron chi connectivity index (χ4n) is 4.24. The second kappa shape index (κ2) is 9.93. The van der Waals surface area contributed by atoms with Crippen LogP contribution in [0.1, 0.15) is 18.4 Å². The lowest BCUT2D eigenvalue weighted by Crippen LogP contribution is -2.40. The lowest BCUT2D eigenvalue weighted by Gasteiger charge is -2.26. The molecule has 33 heavy (non-hydrogen) atoms. The Morgan fingerprint density at radius 3 is 2.73 bits per heavy atom. The van der Waals surface area contributed by atoms with Crippen molar-refractivity contribution in [1.29, 1.82) is 0 Å². The largest absolute Gasteiger partial charge is 0.379 e. The quantitative estimate of drug-likeness (QED) is 0.447. The first-order valence-corrected chi connectivity index (χ1v) is 13.9. The number of imidazole rings is 1. The van der Waals surface area contributed by atoms with E-state index < -0.39 is 10.0 Å². The lowest BCUT2D eigenvalue weighted by atomic mass is 10.2. The van der Waals surface area contributed by atoms with Gasteiger partial charge in [0, 0.05) is 30.5 Å². The molecule has 2 fully saturated rings. The molecule has 1 atom stereocenters. The van der Waals surface area contributed by atoms with E-state index in [0.29, 0.717) is 49.1 Å². The maximum Gasteiger partial charge on any atom is 0.243 e. The second-order valence-corrected chi connectivity index (χ2v) is 11.5. The van der Waals surface area contributed by atoms with E-state index in [1.165, 1.54) is 4.31 Å². The summed E-state index contributed by atoms with van der Waals surface area (Å²) < 4.78 is 41.1. The Labute approximate surface area is 203 Å². The van der Waals surface area contributed by atoms with Crippen LogP contribution in [0.4, 0.5) is 0 Å². The normalized spacial score (nSPS) is 20.0. The molecule has 2 saturated heterocycles. The van der Waals surface area contributed by atoms with E-state index in [0.717, 1.165) is 35.7 Å². The fourth-order valence-corrected chi connectivity index (χ4v) is 6.85. The summed E-state index contributed by atoms with van der Waals surface area (Å²) in [5.74, 6) is 0.717. The molecule has 10 heteroatoms. The summed E-state index contributed by atoms with van der Waals surface area (Å²) in [4.78, 5) is 5.11. The number of sulfonamides is 1. The van der Waals surface area contributed by atoms with Crippen molar-refractivity contribution in [3.8, 4) is 0 Å². The summed E-state index contributed by atoms with van der Waals surface area (Å²) in [6, 6.07) is 13.0. The number of rotatable bonds is 7. The Morgan fingerprint density at radius 2 is 1.97 bits per heavy atom. The van der Waals surface area contributed by atoms with Crippen LogP contribution in [-0.2, 0) is 31.8 Å². The third-order valence-corrected chi connectivity index (χ3v) is 9.14. The molecule has 0 N–H and O–H groups in total. The third kappa shape index (κ3) is 5.08. The molecule has 0 aliphatic carbocycles. The van der Waals surface area contributed by atoms with Gasteiger partial charge in [-0.25, -0.2) is 13.4 Å². The average Bonchev–Trinajstić information content (AvgIpc) is 3.46. The SMILES string of the molecule is O=S(=O)(c1ccc2c(c1)nc(SCc1cccc(Cl)c1)n2C[C@H]1CCCO1)N1CCOCC1. The van der Waals surface area contributed by atoms with Gasteiger partial charge in [0.25, 0.3) is 0 Å². The van der Waals surface area contributed by atoms with E-state index in [4.69, 9.17) is 26.1 Å². The van der Waals surface area contributed by atoms with Crippen LogP contribution in [0.25, 0.3) is 11.0 Å². The Hall–Kier alpha value is -1.62. The summed E-state index contributed by atoms with van der Waals surface area (Å²) in [7, 11) is -3.58. The molecule has 2 aliphatic rings. The van der Waals surface area contributed by atoms with Crippen LogP contribution < -0.4 is 0 Å². The van der Waals surface area contributed by atoms with Crippen molar-refractivity contribution in [2.45, 2.75) is 41.3 Å². The minimum absolute atomic E-state index is 0.143. The van der Waals surface area contributed by atoms with Crippen molar-refractivity contribution >= 4 is 44.4 Å². The minimum atomic E-state index is -3.58. The summed E-state index contributed by atoms with van der Waals surface area (Å²) in [6.45, 7) is 3.06. The number of aromatic nitrogens is 2. The number of ether oxygens (including phenoxy) is 2. The first kappa shape index (κ1) is 23.1. The van der Waals surface area contributed by atoms with Gasteiger partial charge in [0.05, 0.1) is 41.8 Å². The number of morpholine rings is 1. The topological polar surface area (TPSA) is 73.7 Å². The number of hydrogen-bond acceptors (Lipinski definition) is 6. The van der Waals surface area contributed by atoms with Crippen molar-refractivity contribution in [3.05, 3.63) is 53.1 Å². The van der Waals surface area contributed by atoms with Gasteiger partial charge < -0.3 is 14.0 Å². The molecule has 7 nitrogen and oxygen atoms in total. The zero-order chi connectivity index (χ0) is 22.8. The molecule has 0 bridgehead atoms. The fraction of sp³-hybridized carbons (Fsp3) is 0.435. The highest BCUT2D eigenvalue weighted by atomic mass is 35.5. The van der Waals surface area contributed by atoms with E-state index in [1.807, 2.05) is 30.3 Å². The highest BCUT2D eigenvalue weighted by Crippen LogP contribution is 2.31. The summed E-state index contributed by atoms with van der Waals surface area (Å²) in [5, 5.41) is 1.56. The number of hydrogen-bond donors (Lipinski definition) is 0. The molecule has 2 aliphatic heterocycles. The van der Waals surface area contributed by atoms with Gasteiger partial charge in [-0.05, 0) is 48.7 Å². The Morgan fingerprint density at radius 1 is 1.12 bits per heavy atom. The predicted octanol–water partition coefficient (Wildman–Crippen LogP) is 4.18. The van der Waals surface area contributed by atoms with Crippen LogP contribution in [0.5, 0.6) is 0 Å². The first-order chi connectivity index (χ1) is 16.0. The van der Waals surface area contributed by atoms with E-state index in [2.05, 4.69) is 4.57 Å². The van der Waals surface area contributed by atoms with Crippen LogP contribution in [0.2, 0.25) is 5.02 Å². The lowest BCUT2D eigenvalue weighted by molar-refractivity contribution is 0.0730. The summed E-state index contributed by atoms with van der Waals surface area (Å²) >= 11 is 7.76.